The highest BCUT2D eigenvalue weighted by atomic mass is 16.1. The average molecular weight is 254 g/mol. The molecule has 0 unspecified atom stereocenters. The molecule has 0 aliphatic carbocycles. The van der Waals surface area contributed by atoms with Gasteiger partial charge in [0.15, 0.2) is 0 Å². The van der Waals surface area contributed by atoms with Gasteiger partial charge in [-0.05, 0) is 30.0 Å². The van der Waals surface area contributed by atoms with Crippen LogP contribution in [-0.4, -0.2) is 23.0 Å². The molecule has 0 saturated carbocycles. The van der Waals surface area contributed by atoms with Crippen molar-refractivity contribution in [1.29, 1.82) is 0 Å². The van der Waals surface area contributed by atoms with Gasteiger partial charge < -0.3 is 4.98 Å². The minimum absolute atomic E-state index is 0.0712. The molecule has 0 spiro atoms. The van der Waals surface area contributed by atoms with Crippen molar-refractivity contribution in [3.05, 3.63) is 69.6 Å². The van der Waals surface area contributed by atoms with Gasteiger partial charge in [-0.1, -0.05) is 30.3 Å². The number of nitrogens with one attached hydrogen (secondary N) is 1. The van der Waals surface area contributed by atoms with Crippen molar-refractivity contribution in [2.75, 3.05) is 13.1 Å². The van der Waals surface area contributed by atoms with E-state index in [1.54, 1.807) is 6.20 Å². The van der Waals surface area contributed by atoms with Crippen molar-refractivity contribution < 1.29 is 0 Å². The second-order valence-corrected chi connectivity index (χ2v) is 5.07. The Labute approximate surface area is 112 Å². The highest BCUT2D eigenvalue weighted by Gasteiger charge is 2.18. The molecule has 3 rings (SSSR count). The maximum Gasteiger partial charge on any atom is 0.252 e. The number of aromatic amines is 1. The molecule has 0 atom stereocenters. The molecular weight excluding hydrogens is 236 g/mol. The number of benzene rings is 1. The summed E-state index contributed by atoms with van der Waals surface area (Å²) in [5, 5.41) is 0. The molecule has 0 bridgehead atoms. The summed E-state index contributed by atoms with van der Waals surface area (Å²) >= 11 is 0. The number of H-pyrrole nitrogens is 1. The topological polar surface area (TPSA) is 36.1 Å². The van der Waals surface area contributed by atoms with E-state index in [9.17, 15) is 4.79 Å². The number of rotatable bonds is 3. The Hall–Kier alpha value is -1.87. The van der Waals surface area contributed by atoms with Crippen LogP contribution in [0.3, 0.4) is 0 Å². The molecule has 1 aromatic carbocycles. The zero-order chi connectivity index (χ0) is 13.1. The summed E-state index contributed by atoms with van der Waals surface area (Å²) in [6, 6.07) is 12.5. The first kappa shape index (κ1) is 12.2. The molecule has 19 heavy (non-hydrogen) atoms. The van der Waals surface area contributed by atoms with Crippen LogP contribution < -0.4 is 5.56 Å². The lowest BCUT2D eigenvalue weighted by Crippen LogP contribution is -2.35. The summed E-state index contributed by atoms with van der Waals surface area (Å²) in [5.41, 5.74) is 3.58. The van der Waals surface area contributed by atoms with Gasteiger partial charge >= 0.3 is 0 Å². The van der Waals surface area contributed by atoms with Gasteiger partial charge in [0.05, 0.1) is 0 Å². The van der Waals surface area contributed by atoms with E-state index in [2.05, 4.69) is 34.1 Å². The van der Waals surface area contributed by atoms with E-state index in [0.29, 0.717) is 0 Å². The standard InChI is InChI=1S/C16H18N2O/c19-16-15-12-18(11-8-14(15)6-9-17-16)10-7-13-4-2-1-3-5-13/h1-6,9H,7-8,10-12H2,(H,17,19). The Kier molecular flexibility index (Phi) is 3.47. The van der Waals surface area contributed by atoms with Crippen molar-refractivity contribution in [2.45, 2.75) is 19.4 Å². The lowest BCUT2D eigenvalue weighted by atomic mass is 10.0. The largest absolute Gasteiger partial charge is 0.329 e. The van der Waals surface area contributed by atoms with Crippen molar-refractivity contribution in [3.8, 4) is 0 Å². The molecule has 2 aromatic rings. The second-order valence-electron chi connectivity index (χ2n) is 5.07. The predicted molar refractivity (Wildman–Crippen MR) is 76.2 cm³/mol. The Morgan fingerprint density at radius 1 is 1.16 bits per heavy atom. The predicted octanol–water partition coefficient (Wildman–Crippen LogP) is 1.98. The molecule has 1 aliphatic heterocycles. The van der Waals surface area contributed by atoms with E-state index in [4.69, 9.17) is 0 Å². The van der Waals surface area contributed by atoms with Crippen LogP contribution in [-0.2, 0) is 19.4 Å². The van der Waals surface area contributed by atoms with Gasteiger partial charge in [0.1, 0.15) is 0 Å². The number of aromatic nitrogens is 1. The van der Waals surface area contributed by atoms with Gasteiger partial charge in [0, 0.05) is 31.4 Å². The van der Waals surface area contributed by atoms with Crippen molar-refractivity contribution in [1.82, 2.24) is 9.88 Å². The van der Waals surface area contributed by atoms with Crippen LogP contribution in [0.5, 0.6) is 0 Å². The Bertz CT molecular complexity index is 604. The molecule has 3 nitrogen and oxygen atoms in total. The van der Waals surface area contributed by atoms with Crippen molar-refractivity contribution >= 4 is 0 Å². The van der Waals surface area contributed by atoms with Crippen LogP contribution in [0.2, 0.25) is 0 Å². The minimum atomic E-state index is 0.0712. The van der Waals surface area contributed by atoms with Crippen LogP contribution >= 0.6 is 0 Å². The Morgan fingerprint density at radius 3 is 2.84 bits per heavy atom. The fraction of sp³-hybridized carbons (Fsp3) is 0.312. The minimum Gasteiger partial charge on any atom is -0.329 e. The SMILES string of the molecule is O=c1[nH]ccc2c1CN(CCc1ccccc1)CC2. The molecule has 0 saturated heterocycles. The molecule has 1 N–H and O–H groups in total. The van der Waals surface area contributed by atoms with Gasteiger partial charge in [-0.15, -0.1) is 0 Å². The van der Waals surface area contributed by atoms with E-state index in [-0.39, 0.29) is 5.56 Å². The van der Waals surface area contributed by atoms with Crippen LogP contribution in [0.15, 0.2) is 47.4 Å². The fourth-order valence-electron chi connectivity index (χ4n) is 2.66. The molecule has 0 radical (unpaired) electrons. The molecule has 3 heteroatoms. The first-order chi connectivity index (χ1) is 9.33. The highest BCUT2D eigenvalue weighted by Crippen LogP contribution is 2.15. The maximum atomic E-state index is 11.8. The van der Waals surface area contributed by atoms with E-state index in [1.165, 1.54) is 11.1 Å². The third kappa shape index (κ3) is 2.76. The normalized spacial score (nSPS) is 15.2. The van der Waals surface area contributed by atoms with Gasteiger partial charge in [0.2, 0.25) is 0 Å². The number of fused-ring (bicyclic) bond motifs is 1. The average Bonchev–Trinajstić information content (AvgIpc) is 2.47. The maximum absolute atomic E-state index is 11.8. The van der Waals surface area contributed by atoms with Crippen LogP contribution in [0.25, 0.3) is 0 Å². The van der Waals surface area contributed by atoms with E-state index < -0.39 is 0 Å². The monoisotopic (exact) mass is 254 g/mol. The summed E-state index contributed by atoms with van der Waals surface area (Å²) in [6.45, 7) is 2.83. The van der Waals surface area contributed by atoms with Crippen LogP contribution in [0.4, 0.5) is 0 Å². The molecule has 2 heterocycles. The van der Waals surface area contributed by atoms with Gasteiger partial charge in [-0.2, -0.15) is 0 Å². The molecule has 98 valence electrons. The quantitative estimate of drug-likeness (QED) is 0.909. The second kappa shape index (κ2) is 5.41. The number of nitrogens with zero attached hydrogens (tertiary/aromatic N) is 1. The molecule has 1 aliphatic rings. The summed E-state index contributed by atoms with van der Waals surface area (Å²) < 4.78 is 0. The van der Waals surface area contributed by atoms with Crippen LogP contribution in [0.1, 0.15) is 16.7 Å². The summed E-state index contributed by atoms with van der Waals surface area (Å²) in [5.74, 6) is 0. The fourth-order valence-corrected chi connectivity index (χ4v) is 2.66. The Morgan fingerprint density at radius 2 is 2.00 bits per heavy atom. The van der Waals surface area contributed by atoms with Gasteiger partial charge in [-0.3, -0.25) is 9.69 Å². The number of hydrogen-bond acceptors (Lipinski definition) is 2. The van der Waals surface area contributed by atoms with E-state index in [1.807, 2.05) is 12.1 Å². The number of pyridine rings is 1. The third-order valence-electron chi connectivity index (χ3n) is 3.80. The first-order valence-corrected chi connectivity index (χ1v) is 6.78. The lowest BCUT2D eigenvalue weighted by molar-refractivity contribution is 0.256. The van der Waals surface area contributed by atoms with Gasteiger partial charge in [-0.25, -0.2) is 0 Å². The summed E-state index contributed by atoms with van der Waals surface area (Å²) in [4.78, 5) is 16.9. The zero-order valence-corrected chi connectivity index (χ0v) is 10.9. The van der Waals surface area contributed by atoms with Crippen molar-refractivity contribution in [3.63, 3.8) is 0 Å². The summed E-state index contributed by atoms with van der Waals surface area (Å²) in [7, 11) is 0. The summed E-state index contributed by atoms with van der Waals surface area (Å²) in [6.07, 6.45) is 3.77. The zero-order valence-electron chi connectivity index (χ0n) is 10.9. The third-order valence-corrected chi connectivity index (χ3v) is 3.80. The van der Waals surface area contributed by atoms with Crippen molar-refractivity contribution in [2.24, 2.45) is 0 Å². The number of hydrogen-bond donors (Lipinski definition) is 1. The molecule has 0 amide bonds. The van der Waals surface area contributed by atoms with Crippen LogP contribution in [0, 0.1) is 0 Å². The highest BCUT2D eigenvalue weighted by molar-refractivity contribution is 5.26. The van der Waals surface area contributed by atoms with E-state index in [0.717, 1.165) is 38.0 Å². The lowest BCUT2D eigenvalue weighted by Gasteiger charge is -2.27. The first-order valence-electron chi connectivity index (χ1n) is 6.78. The molecule has 1 aromatic heterocycles. The van der Waals surface area contributed by atoms with Gasteiger partial charge in [0.25, 0.3) is 5.56 Å². The smallest absolute Gasteiger partial charge is 0.252 e. The molecular formula is C16H18N2O. The Balaban J connectivity index is 1.66. The molecule has 0 fully saturated rings. The van der Waals surface area contributed by atoms with E-state index >= 15 is 0 Å².